The van der Waals surface area contributed by atoms with E-state index in [1.54, 1.807) is 12.4 Å². The molecule has 0 aromatic carbocycles. The van der Waals surface area contributed by atoms with Gasteiger partial charge in [0.1, 0.15) is 4.90 Å². The summed E-state index contributed by atoms with van der Waals surface area (Å²) in [6.45, 7) is 2.26. The highest BCUT2D eigenvalue weighted by molar-refractivity contribution is 7.90. The molecule has 128 valence electrons. The molecule has 0 aliphatic carbocycles. The highest BCUT2D eigenvalue weighted by Gasteiger charge is 2.25. The maximum absolute atomic E-state index is 12.1. The Morgan fingerprint density at radius 1 is 1.33 bits per heavy atom. The Morgan fingerprint density at radius 3 is 2.79 bits per heavy atom. The summed E-state index contributed by atoms with van der Waals surface area (Å²) in [5.74, 6) is 0.535. The van der Waals surface area contributed by atoms with Crippen LogP contribution >= 0.6 is 0 Å². The van der Waals surface area contributed by atoms with E-state index in [9.17, 15) is 8.42 Å². The molecular weight excluding hydrogens is 326 g/mol. The summed E-state index contributed by atoms with van der Waals surface area (Å²) in [4.78, 5) is 12.9. The van der Waals surface area contributed by atoms with E-state index >= 15 is 0 Å². The second-order valence-electron chi connectivity index (χ2n) is 5.97. The first kappa shape index (κ1) is 16.8. The third-order valence-electron chi connectivity index (χ3n) is 4.07. The van der Waals surface area contributed by atoms with E-state index in [2.05, 4.69) is 25.6 Å². The maximum atomic E-state index is 12.1. The maximum Gasteiger partial charge on any atom is 0.223 e. The molecule has 0 radical (unpaired) electrons. The first-order chi connectivity index (χ1) is 11.5. The highest BCUT2D eigenvalue weighted by Crippen LogP contribution is 2.27. The van der Waals surface area contributed by atoms with E-state index in [1.807, 2.05) is 12.1 Å². The zero-order chi connectivity index (χ0) is 17.0. The van der Waals surface area contributed by atoms with Gasteiger partial charge in [-0.15, -0.1) is 0 Å². The van der Waals surface area contributed by atoms with Gasteiger partial charge in [-0.1, -0.05) is 0 Å². The van der Waals surface area contributed by atoms with Gasteiger partial charge in [-0.05, 0) is 37.1 Å². The Balaban J connectivity index is 1.86. The van der Waals surface area contributed by atoms with Crippen LogP contribution in [0.25, 0.3) is 0 Å². The van der Waals surface area contributed by atoms with Crippen molar-refractivity contribution in [2.75, 3.05) is 24.7 Å². The van der Waals surface area contributed by atoms with Crippen LogP contribution in [0.4, 0.5) is 5.95 Å². The number of nitrogens with one attached hydrogen (secondary N) is 2. The predicted octanol–water partition coefficient (Wildman–Crippen LogP) is 1.35. The number of rotatable bonds is 5. The van der Waals surface area contributed by atoms with Crippen molar-refractivity contribution in [1.29, 1.82) is 0 Å². The minimum absolute atomic E-state index is 0.0907. The molecule has 0 saturated carbocycles. The number of anilines is 1. The van der Waals surface area contributed by atoms with Gasteiger partial charge < -0.3 is 10.6 Å². The van der Waals surface area contributed by atoms with E-state index in [0.29, 0.717) is 18.2 Å². The Bertz CT molecular complexity index is 789. The molecule has 0 unspecified atom stereocenters. The van der Waals surface area contributed by atoms with Crippen molar-refractivity contribution < 1.29 is 8.42 Å². The molecule has 3 rings (SSSR count). The van der Waals surface area contributed by atoms with Crippen molar-refractivity contribution in [3.8, 4) is 0 Å². The van der Waals surface area contributed by atoms with Gasteiger partial charge in [-0.2, -0.15) is 0 Å². The monoisotopic (exact) mass is 347 g/mol. The van der Waals surface area contributed by atoms with Crippen molar-refractivity contribution in [2.24, 2.45) is 0 Å². The van der Waals surface area contributed by atoms with Gasteiger partial charge in [0.2, 0.25) is 5.95 Å². The van der Waals surface area contributed by atoms with Crippen LogP contribution < -0.4 is 10.6 Å². The fourth-order valence-electron chi connectivity index (χ4n) is 2.81. The van der Waals surface area contributed by atoms with Gasteiger partial charge in [0.15, 0.2) is 9.84 Å². The molecular formula is C16H21N5O2S. The van der Waals surface area contributed by atoms with E-state index in [0.717, 1.165) is 31.5 Å². The number of aromatic nitrogens is 3. The normalized spacial score (nSPS) is 18.3. The zero-order valence-electron chi connectivity index (χ0n) is 13.6. The van der Waals surface area contributed by atoms with Crippen LogP contribution in [0, 0.1) is 0 Å². The average molecular weight is 347 g/mol. The third-order valence-corrected chi connectivity index (χ3v) is 5.18. The van der Waals surface area contributed by atoms with Gasteiger partial charge in [0.05, 0.1) is 11.9 Å². The summed E-state index contributed by atoms with van der Waals surface area (Å²) in [5.41, 5.74) is 1.67. The van der Waals surface area contributed by atoms with Crippen LogP contribution in [-0.4, -0.2) is 42.7 Å². The molecule has 0 bridgehead atoms. The first-order valence-electron chi connectivity index (χ1n) is 7.94. The molecule has 0 amide bonds. The van der Waals surface area contributed by atoms with Crippen molar-refractivity contribution in [1.82, 2.24) is 20.3 Å². The largest absolute Gasteiger partial charge is 0.350 e. The lowest BCUT2D eigenvalue weighted by Gasteiger charge is -2.24. The molecule has 1 atom stereocenters. The number of sulfone groups is 1. The Labute approximate surface area is 141 Å². The lowest BCUT2D eigenvalue weighted by atomic mass is 9.96. The van der Waals surface area contributed by atoms with Crippen LogP contribution in [0.2, 0.25) is 0 Å². The second kappa shape index (κ2) is 7.23. The van der Waals surface area contributed by atoms with Crippen LogP contribution in [-0.2, 0) is 16.4 Å². The lowest BCUT2D eigenvalue weighted by Crippen LogP contribution is -2.30. The SMILES string of the molecule is CS(=O)(=O)c1cnc(NCc2ccncc2)nc1[C@@H]1CCCNC1. The first-order valence-corrected chi connectivity index (χ1v) is 9.83. The number of nitrogens with zero attached hydrogens (tertiary/aromatic N) is 3. The van der Waals surface area contributed by atoms with Crippen LogP contribution in [0.15, 0.2) is 35.6 Å². The Hall–Kier alpha value is -2.06. The second-order valence-corrected chi connectivity index (χ2v) is 7.95. The molecule has 1 aliphatic rings. The summed E-state index contributed by atoms with van der Waals surface area (Å²) < 4.78 is 24.1. The summed E-state index contributed by atoms with van der Waals surface area (Å²) in [7, 11) is -3.36. The van der Waals surface area contributed by atoms with Crippen molar-refractivity contribution >= 4 is 15.8 Å². The third kappa shape index (κ3) is 4.07. The molecule has 3 heterocycles. The molecule has 2 aromatic rings. The molecule has 0 spiro atoms. The Morgan fingerprint density at radius 2 is 2.12 bits per heavy atom. The summed E-state index contributed by atoms with van der Waals surface area (Å²) in [6.07, 6.45) is 8.01. The van der Waals surface area contributed by atoms with Crippen molar-refractivity contribution in [3.05, 3.63) is 42.0 Å². The van der Waals surface area contributed by atoms with E-state index < -0.39 is 9.84 Å². The minimum atomic E-state index is -3.36. The molecule has 1 saturated heterocycles. The van der Waals surface area contributed by atoms with Gasteiger partial charge >= 0.3 is 0 Å². The van der Waals surface area contributed by atoms with Crippen molar-refractivity contribution in [2.45, 2.75) is 30.2 Å². The molecule has 8 heteroatoms. The number of hydrogen-bond acceptors (Lipinski definition) is 7. The highest BCUT2D eigenvalue weighted by atomic mass is 32.2. The standard InChI is InChI=1S/C16H21N5O2S/c1-24(22,23)14-11-20-16(19-9-12-4-7-17-8-5-12)21-15(14)13-3-2-6-18-10-13/h4-5,7-8,11,13,18H,2-3,6,9-10H2,1H3,(H,19,20,21)/t13-/m1/s1. The molecule has 1 fully saturated rings. The minimum Gasteiger partial charge on any atom is -0.350 e. The van der Waals surface area contributed by atoms with Gasteiger partial charge in [-0.3, -0.25) is 4.98 Å². The number of hydrogen-bond donors (Lipinski definition) is 2. The smallest absolute Gasteiger partial charge is 0.223 e. The van der Waals surface area contributed by atoms with E-state index in [4.69, 9.17) is 0 Å². The van der Waals surface area contributed by atoms with Gasteiger partial charge in [-0.25, -0.2) is 18.4 Å². The van der Waals surface area contributed by atoms with E-state index in [-0.39, 0.29) is 10.8 Å². The van der Waals surface area contributed by atoms with Crippen LogP contribution in [0.3, 0.4) is 0 Å². The number of piperidine rings is 1. The Kier molecular flexibility index (Phi) is 5.06. The fraction of sp³-hybridized carbons (Fsp3) is 0.438. The average Bonchev–Trinajstić information content (AvgIpc) is 2.60. The number of pyridine rings is 1. The van der Waals surface area contributed by atoms with Crippen LogP contribution in [0.1, 0.15) is 30.0 Å². The lowest BCUT2D eigenvalue weighted by molar-refractivity contribution is 0.448. The summed E-state index contributed by atoms with van der Waals surface area (Å²) in [6, 6.07) is 3.81. The topological polar surface area (TPSA) is 96.9 Å². The van der Waals surface area contributed by atoms with Crippen molar-refractivity contribution in [3.63, 3.8) is 0 Å². The van der Waals surface area contributed by atoms with Gasteiger partial charge in [0, 0.05) is 37.7 Å². The molecule has 24 heavy (non-hydrogen) atoms. The summed E-state index contributed by atoms with van der Waals surface area (Å²) in [5, 5.41) is 6.46. The van der Waals surface area contributed by atoms with Crippen LogP contribution in [0.5, 0.6) is 0 Å². The van der Waals surface area contributed by atoms with E-state index in [1.165, 1.54) is 12.5 Å². The summed E-state index contributed by atoms with van der Waals surface area (Å²) >= 11 is 0. The molecule has 2 aromatic heterocycles. The zero-order valence-corrected chi connectivity index (χ0v) is 14.4. The quantitative estimate of drug-likeness (QED) is 0.843. The molecule has 7 nitrogen and oxygen atoms in total. The van der Waals surface area contributed by atoms with Gasteiger partial charge in [0.25, 0.3) is 0 Å². The fourth-order valence-corrected chi connectivity index (χ4v) is 3.65. The molecule has 1 aliphatic heterocycles. The molecule has 2 N–H and O–H groups in total. The predicted molar refractivity (Wildman–Crippen MR) is 91.6 cm³/mol.